The Hall–Kier alpha value is -2.11. The second kappa shape index (κ2) is 6.25. The average Bonchev–Trinajstić information content (AvgIpc) is 3.31. The van der Waals surface area contributed by atoms with E-state index in [4.69, 9.17) is 4.74 Å². The van der Waals surface area contributed by atoms with Gasteiger partial charge in [-0.1, -0.05) is 6.92 Å². The van der Waals surface area contributed by atoms with Crippen LogP contribution in [-0.2, 0) is 9.53 Å². The van der Waals surface area contributed by atoms with Gasteiger partial charge in [0.25, 0.3) is 0 Å². The van der Waals surface area contributed by atoms with E-state index >= 15 is 0 Å². The summed E-state index contributed by atoms with van der Waals surface area (Å²) in [4.78, 5) is 27.2. The Labute approximate surface area is 154 Å². The van der Waals surface area contributed by atoms with Crippen LogP contribution in [0, 0.1) is 11.8 Å². The van der Waals surface area contributed by atoms with Crippen molar-refractivity contribution in [3.05, 3.63) is 18.1 Å². The predicted octanol–water partition coefficient (Wildman–Crippen LogP) is 3.64. The predicted molar refractivity (Wildman–Crippen MR) is 101 cm³/mol. The molecule has 6 heteroatoms. The van der Waals surface area contributed by atoms with E-state index in [-0.39, 0.29) is 17.8 Å². The van der Waals surface area contributed by atoms with Gasteiger partial charge in [0, 0.05) is 19.3 Å². The molecule has 0 aromatic carbocycles. The van der Waals surface area contributed by atoms with Crippen LogP contribution in [0.15, 0.2) is 12.5 Å². The summed E-state index contributed by atoms with van der Waals surface area (Å²) >= 11 is 0. The van der Waals surface area contributed by atoms with E-state index in [1.165, 1.54) is 18.4 Å². The maximum atomic E-state index is 12.5. The maximum absolute atomic E-state index is 12.5. The Kier molecular flexibility index (Phi) is 4.16. The average molecular weight is 356 g/mol. The minimum absolute atomic E-state index is 0.0445. The van der Waals surface area contributed by atoms with E-state index in [9.17, 15) is 4.79 Å². The van der Waals surface area contributed by atoms with Gasteiger partial charge in [0.1, 0.15) is 23.4 Å². The lowest BCUT2D eigenvalue weighted by Crippen LogP contribution is -2.44. The zero-order chi connectivity index (χ0) is 18.5. The van der Waals surface area contributed by atoms with Crippen LogP contribution in [0.2, 0.25) is 0 Å². The minimum Gasteiger partial charge on any atom is -0.460 e. The zero-order valence-electron chi connectivity index (χ0n) is 16.1. The fourth-order valence-electron chi connectivity index (χ4n) is 3.99. The van der Waals surface area contributed by atoms with Gasteiger partial charge in [-0.05, 0) is 57.4 Å². The summed E-state index contributed by atoms with van der Waals surface area (Å²) in [6, 6.07) is 0. The molecule has 1 aliphatic carbocycles. The van der Waals surface area contributed by atoms with Gasteiger partial charge >= 0.3 is 5.97 Å². The third-order valence-corrected chi connectivity index (χ3v) is 5.41. The van der Waals surface area contributed by atoms with Crippen molar-refractivity contribution < 1.29 is 9.53 Å². The van der Waals surface area contributed by atoms with Crippen LogP contribution in [0.1, 0.15) is 58.4 Å². The molecule has 3 heterocycles. The highest BCUT2D eigenvalue weighted by atomic mass is 16.6. The molecule has 2 fully saturated rings. The lowest BCUT2D eigenvalue weighted by Gasteiger charge is -2.37. The largest absolute Gasteiger partial charge is 0.460 e. The molecular weight excluding hydrogens is 328 g/mol. The Balaban J connectivity index is 1.55. The summed E-state index contributed by atoms with van der Waals surface area (Å²) in [6.07, 6.45) is 7.02. The van der Waals surface area contributed by atoms with Crippen LogP contribution in [0.5, 0.6) is 0 Å². The van der Waals surface area contributed by atoms with Crippen molar-refractivity contribution in [2.24, 2.45) is 11.8 Å². The third-order valence-electron chi connectivity index (χ3n) is 5.41. The Morgan fingerprint density at radius 1 is 1.27 bits per heavy atom. The number of aromatic amines is 1. The number of carbonyl (C=O) groups excluding carboxylic acids is 1. The van der Waals surface area contributed by atoms with Crippen molar-refractivity contribution in [2.45, 2.75) is 58.5 Å². The number of ether oxygens (including phenoxy) is 1. The molecule has 0 bridgehead atoms. The molecule has 2 aromatic heterocycles. The lowest BCUT2D eigenvalue weighted by molar-refractivity contribution is -0.162. The first kappa shape index (κ1) is 17.3. The number of fused-ring (bicyclic) bond motifs is 1. The Bertz CT molecular complexity index is 819. The van der Waals surface area contributed by atoms with Crippen molar-refractivity contribution >= 4 is 22.8 Å². The first-order valence-electron chi connectivity index (χ1n) is 9.63. The Morgan fingerprint density at radius 2 is 2.04 bits per heavy atom. The van der Waals surface area contributed by atoms with Crippen molar-refractivity contribution in [1.29, 1.82) is 0 Å². The van der Waals surface area contributed by atoms with E-state index in [1.54, 1.807) is 6.33 Å². The standard InChI is InChI=1S/C20H28N4O2/c1-12-10-24(8-7-14(12)19(25)26-20(2,3)4)18-16-15(13-5-6-13)9-21-17(16)22-11-23-18/h9,11-14H,5-8,10H2,1-4H3,(H,21,22,23)/t12-,14?/m1/s1. The fourth-order valence-corrected chi connectivity index (χ4v) is 3.99. The number of hydrogen-bond donors (Lipinski definition) is 1. The van der Waals surface area contributed by atoms with Gasteiger partial charge < -0.3 is 14.6 Å². The molecule has 1 N–H and O–H groups in total. The van der Waals surface area contributed by atoms with Gasteiger partial charge in [-0.2, -0.15) is 0 Å². The van der Waals surface area contributed by atoms with Crippen LogP contribution < -0.4 is 4.90 Å². The van der Waals surface area contributed by atoms with Crippen LogP contribution in [0.4, 0.5) is 5.82 Å². The van der Waals surface area contributed by atoms with E-state index in [1.807, 2.05) is 20.8 Å². The van der Waals surface area contributed by atoms with Crippen molar-refractivity contribution in [3.8, 4) is 0 Å². The smallest absolute Gasteiger partial charge is 0.309 e. The Morgan fingerprint density at radius 3 is 2.69 bits per heavy atom. The third kappa shape index (κ3) is 3.29. The molecule has 4 rings (SSSR count). The number of hydrogen-bond acceptors (Lipinski definition) is 5. The second-order valence-corrected chi connectivity index (χ2v) is 8.79. The summed E-state index contributed by atoms with van der Waals surface area (Å²) < 4.78 is 5.62. The summed E-state index contributed by atoms with van der Waals surface area (Å²) in [5.41, 5.74) is 1.83. The summed E-state index contributed by atoms with van der Waals surface area (Å²) in [5.74, 6) is 1.76. The van der Waals surface area contributed by atoms with Gasteiger partial charge in [0.2, 0.25) is 0 Å². The molecule has 2 atom stereocenters. The van der Waals surface area contributed by atoms with Crippen LogP contribution in [-0.4, -0.2) is 39.6 Å². The number of nitrogens with one attached hydrogen (secondary N) is 1. The van der Waals surface area contributed by atoms with Crippen LogP contribution in [0.25, 0.3) is 11.0 Å². The molecule has 1 aliphatic heterocycles. The topological polar surface area (TPSA) is 71.1 Å². The second-order valence-electron chi connectivity index (χ2n) is 8.79. The molecule has 140 valence electrons. The number of anilines is 1. The first-order valence-corrected chi connectivity index (χ1v) is 9.63. The van der Waals surface area contributed by atoms with Crippen molar-refractivity contribution in [3.63, 3.8) is 0 Å². The number of nitrogens with zero attached hydrogens (tertiary/aromatic N) is 3. The maximum Gasteiger partial charge on any atom is 0.309 e. The number of carbonyl (C=O) groups is 1. The molecule has 0 spiro atoms. The minimum atomic E-state index is -0.433. The molecule has 6 nitrogen and oxygen atoms in total. The van der Waals surface area contributed by atoms with E-state index in [0.29, 0.717) is 5.92 Å². The quantitative estimate of drug-likeness (QED) is 0.850. The van der Waals surface area contributed by atoms with Gasteiger partial charge in [-0.3, -0.25) is 4.79 Å². The van der Waals surface area contributed by atoms with Gasteiger partial charge in [0.05, 0.1) is 11.3 Å². The van der Waals surface area contributed by atoms with Crippen molar-refractivity contribution in [2.75, 3.05) is 18.0 Å². The summed E-state index contributed by atoms with van der Waals surface area (Å²) in [6.45, 7) is 9.54. The van der Waals surface area contributed by atoms with Gasteiger partial charge in [-0.15, -0.1) is 0 Å². The fraction of sp³-hybridized carbons (Fsp3) is 0.650. The van der Waals surface area contributed by atoms with Gasteiger partial charge in [0.15, 0.2) is 0 Å². The number of H-pyrrole nitrogens is 1. The highest BCUT2D eigenvalue weighted by molar-refractivity contribution is 5.91. The SMILES string of the molecule is C[C@@H]1CN(c2ncnc3[nH]cc(C4CC4)c23)CCC1C(=O)OC(C)(C)C. The molecule has 0 radical (unpaired) electrons. The lowest BCUT2D eigenvalue weighted by atomic mass is 9.86. The van der Waals surface area contributed by atoms with Crippen LogP contribution in [0.3, 0.4) is 0 Å². The molecule has 26 heavy (non-hydrogen) atoms. The molecule has 1 unspecified atom stereocenters. The number of aromatic nitrogens is 3. The normalized spacial score (nSPS) is 24.1. The molecule has 0 amide bonds. The molecule has 1 saturated heterocycles. The molecule has 2 aromatic rings. The van der Waals surface area contributed by atoms with Crippen molar-refractivity contribution in [1.82, 2.24) is 15.0 Å². The molecule has 2 aliphatic rings. The molecular formula is C20H28N4O2. The zero-order valence-corrected chi connectivity index (χ0v) is 16.1. The summed E-state index contributed by atoms with van der Waals surface area (Å²) in [5, 5.41) is 1.16. The summed E-state index contributed by atoms with van der Waals surface area (Å²) in [7, 11) is 0. The number of rotatable bonds is 3. The molecule has 1 saturated carbocycles. The van der Waals surface area contributed by atoms with Gasteiger partial charge in [-0.25, -0.2) is 9.97 Å². The first-order chi connectivity index (χ1) is 12.3. The highest BCUT2D eigenvalue weighted by Gasteiger charge is 2.36. The number of esters is 1. The van der Waals surface area contributed by atoms with E-state index in [0.717, 1.165) is 36.4 Å². The van der Waals surface area contributed by atoms with E-state index < -0.39 is 5.60 Å². The number of piperidine rings is 1. The van der Waals surface area contributed by atoms with Crippen LogP contribution >= 0.6 is 0 Å². The monoisotopic (exact) mass is 356 g/mol. The van der Waals surface area contributed by atoms with E-state index in [2.05, 4.69) is 33.0 Å². The highest BCUT2D eigenvalue weighted by Crippen LogP contribution is 2.45.